The van der Waals surface area contributed by atoms with Crippen LogP contribution in [0.2, 0.25) is 0 Å². The number of rotatable bonds is 17. The summed E-state index contributed by atoms with van der Waals surface area (Å²) in [6.07, 6.45) is 15.2. The van der Waals surface area contributed by atoms with E-state index < -0.39 is 31.4 Å². The van der Waals surface area contributed by atoms with E-state index in [9.17, 15) is 14.7 Å². The molecule has 0 heterocycles. The van der Waals surface area contributed by atoms with Gasteiger partial charge in [0.25, 0.3) is 0 Å². The molecule has 1 aromatic carbocycles. The molecule has 0 radical (unpaired) electrons. The van der Waals surface area contributed by atoms with Gasteiger partial charge in [-0.2, -0.15) is 0 Å². The number of carboxylic acid groups (broad SMARTS) is 1. The van der Waals surface area contributed by atoms with Gasteiger partial charge in [-0.25, -0.2) is 0 Å². The number of Topliss-reactive ketones (excluding diaryl/α,β-unsaturated/α-hetero) is 1. The van der Waals surface area contributed by atoms with E-state index in [-0.39, 0.29) is 5.78 Å². The molecule has 0 aliphatic rings. The summed E-state index contributed by atoms with van der Waals surface area (Å²) < 4.78 is 15.8. The summed E-state index contributed by atoms with van der Waals surface area (Å²) in [6.45, 7) is 4.58. The van der Waals surface area contributed by atoms with Gasteiger partial charge >= 0.3 is 32.5 Å². The normalized spacial score (nSPS) is 11.4. The molecule has 1 rings (SSSR count). The zero-order valence-electron chi connectivity index (χ0n) is 19.9. The van der Waals surface area contributed by atoms with Gasteiger partial charge in [0.05, 0.1) is 0 Å². The molecule has 32 heavy (non-hydrogen) atoms. The number of carboxylic acids is 1. The van der Waals surface area contributed by atoms with Crippen molar-refractivity contribution in [2.45, 2.75) is 97.3 Å². The van der Waals surface area contributed by atoms with E-state index >= 15 is 0 Å². The first-order chi connectivity index (χ1) is 15.3. The number of hydrogen-bond donors (Lipinski definition) is 3. The molecule has 1 atom stereocenters. The molecule has 0 bridgehead atoms. The van der Waals surface area contributed by atoms with Crippen LogP contribution in [0.4, 0.5) is 5.69 Å². The Bertz CT molecular complexity index is 634. The molecule has 0 aliphatic carbocycles. The molecule has 6 nitrogen and oxygen atoms in total. The summed E-state index contributed by atoms with van der Waals surface area (Å²) in [6, 6.07) is 6.49. The Morgan fingerprint density at radius 1 is 0.812 bits per heavy atom. The Hall–Kier alpha value is -1.37. The topological polar surface area (TPSA) is 118 Å². The fourth-order valence-corrected chi connectivity index (χ4v) is 3.71. The monoisotopic (exact) mass is 484 g/mol. The maximum absolute atomic E-state index is 12.4. The van der Waals surface area contributed by atoms with E-state index in [4.69, 9.17) is 12.7 Å². The van der Waals surface area contributed by atoms with Crippen molar-refractivity contribution in [2.24, 2.45) is 11.8 Å². The van der Waals surface area contributed by atoms with Crippen LogP contribution in [-0.4, -0.2) is 20.5 Å². The second-order valence-electron chi connectivity index (χ2n) is 8.83. The Kier molecular flexibility index (Phi) is 19.4. The fraction of sp³-hybridized carbons (Fsp3) is 0.680. The first kappa shape index (κ1) is 30.6. The van der Waals surface area contributed by atoms with Gasteiger partial charge in [0.2, 0.25) is 0 Å². The van der Waals surface area contributed by atoms with Crippen LogP contribution in [0.3, 0.4) is 0 Å². The van der Waals surface area contributed by atoms with E-state index in [0.717, 1.165) is 25.2 Å². The van der Waals surface area contributed by atoms with Gasteiger partial charge in [-0.15, -0.1) is 0 Å². The number of hydrogen-bond acceptors (Lipinski definition) is 4. The van der Waals surface area contributed by atoms with Crippen molar-refractivity contribution in [1.29, 1.82) is 0 Å². The summed E-state index contributed by atoms with van der Waals surface area (Å²) >= 11 is -1.75. The van der Waals surface area contributed by atoms with Crippen molar-refractivity contribution >= 4 is 17.4 Å². The van der Waals surface area contributed by atoms with Crippen LogP contribution in [0.5, 0.6) is 0 Å². The van der Waals surface area contributed by atoms with E-state index in [0.29, 0.717) is 17.7 Å². The van der Waals surface area contributed by atoms with Crippen LogP contribution in [0, 0.1) is 11.8 Å². The second kappa shape index (κ2) is 20.3. The number of benzene rings is 1. The molecule has 0 aliphatic heterocycles. The van der Waals surface area contributed by atoms with E-state index in [1.54, 1.807) is 24.3 Å². The van der Waals surface area contributed by atoms with Crippen LogP contribution in [0.25, 0.3) is 0 Å². The van der Waals surface area contributed by atoms with Crippen molar-refractivity contribution in [3.63, 3.8) is 0 Å². The van der Waals surface area contributed by atoms with Crippen LogP contribution in [0.1, 0.15) is 108 Å². The van der Waals surface area contributed by atoms with E-state index in [1.165, 1.54) is 57.8 Å². The van der Waals surface area contributed by atoms with Crippen LogP contribution in [0.15, 0.2) is 24.3 Å². The minimum atomic E-state index is -1.75. The number of unbranched alkanes of at least 4 members (excludes halogenated alkanes) is 10. The summed E-state index contributed by atoms with van der Waals surface area (Å²) in [5.74, 6) is -1.46. The number of nitrogens with two attached hydrogens (primary N) is 1. The molecule has 0 saturated carbocycles. The Morgan fingerprint density at radius 2 is 1.19 bits per heavy atom. The molecule has 4 N–H and O–H groups in total. The molecule has 0 amide bonds. The van der Waals surface area contributed by atoms with Gasteiger partial charge < -0.3 is 10.8 Å². The first-order valence-corrected chi connectivity index (χ1v) is 13.3. The Morgan fingerprint density at radius 3 is 1.56 bits per heavy atom. The third kappa shape index (κ3) is 16.3. The third-order valence-electron chi connectivity index (χ3n) is 5.58. The van der Waals surface area contributed by atoms with Crippen LogP contribution >= 0.6 is 0 Å². The van der Waals surface area contributed by atoms with Crippen LogP contribution < -0.4 is 5.73 Å². The van der Waals surface area contributed by atoms with Gasteiger partial charge in [-0.05, 0) is 36.6 Å². The van der Waals surface area contributed by atoms with Crippen molar-refractivity contribution in [2.75, 3.05) is 5.73 Å². The molecule has 181 valence electrons. The SMILES string of the molecule is CC(C)CCCCCCCCCCCCCC(C(=O)O)C(=O)c1ccc(N)cc1.[O]=[Ti][OH]. The summed E-state index contributed by atoms with van der Waals surface area (Å²) in [4.78, 5) is 23.9. The predicted octanol–water partition coefficient (Wildman–Crippen LogP) is 6.20. The number of aliphatic carboxylic acids is 1. The zero-order chi connectivity index (χ0) is 24.2. The number of carbonyl (C=O) groups is 2. The van der Waals surface area contributed by atoms with Gasteiger partial charge in [-0.3, -0.25) is 9.59 Å². The fourth-order valence-electron chi connectivity index (χ4n) is 3.71. The number of ketones is 1. The maximum atomic E-state index is 12.4. The summed E-state index contributed by atoms with van der Waals surface area (Å²) in [7, 11) is 0. The molecular formula is C25H42NO5Ti. The van der Waals surface area contributed by atoms with Crippen molar-refractivity contribution in [3.05, 3.63) is 29.8 Å². The molecule has 1 unspecified atom stereocenters. The van der Waals surface area contributed by atoms with Crippen LogP contribution in [-0.2, 0) is 27.6 Å². The predicted molar refractivity (Wildman–Crippen MR) is 124 cm³/mol. The molecule has 0 saturated heterocycles. The summed E-state index contributed by atoms with van der Waals surface area (Å²) in [5, 5.41) is 9.42. The van der Waals surface area contributed by atoms with E-state index in [2.05, 4.69) is 13.8 Å². The average Bonchev–Trinajstić information content (AvgIpc) is 2.74. The number of anilines is 1. The van der Waals surface area contributed by atoms with E-state index in [1.807, 2.05) is 0 Å². The third-order valence-corrected chi connectivity index (χ3v) is 5.58. The first-order valence-electron chi connectivity index (χ1n) is 12.0. The van der Waals surface area contributed by atoms with Crippen molar-refractivity contribution in [1.82, 2.24) is 0 Å². The minimum absolute atomic E-state index is 0.314. The molecular weight excluding hydrogens is 442 g/mol. The molecule has 0 aromatic heterocycles. The molecule has 0 spiro atoms. The molecule has 7 heteroatoms. The van der Waals surface area contributed by atoms with Gasteiger partial charge in [0.15, 0.2) is 5.78 Å². The van der Waals surface area contributed by atoms with Gasteiger partial charge in [0, 0.05) is 11.3 Å². The quantitative estimate of drug-likeness (QED) is 0.0797. The standard InChI is InChI=1S/C25H41NO3.H2O.O.Ti/c1-20(2)14-12-10-8-6-4-3-5-7-9-11-13-15-23(25(28)29)24(27)21-16-18-22(26)19-17-21;;;/h16-20,23H,3-15,26H2,1-2H3,(H,28,29);1H2;;/q;;;+1/p-1. The van der Waals surface area contributed by atoms with Crippen molar-refractivity contribution < 1.29 is 41.2 Å². The molecule has 0 fully saturated rings. The van der Waals surface area contributed by atoms with Crippen molar-refractivity contribution in [3.8, 4) is 0 Å². The Labute approximate surface area is 203 Å². The summed E-state index contributed by atoms with van der Waals surface area (Å²) in [5.41, 5.74) is 6.62. The average molecular weight is 484 g/mol. The zero-order valence-corrected chi connectivity index (χ0v) is 21.4. The molecule has 1 aromatic rings. The second-order valence-corrected chi connectivity index (χ2v) is 9.11. The Balaban J connectivity index is 0.00000302. The van der Waals surface area contributed by atoms with Gasteiger partial charge in [0.1, 0.15) is 5.92 Å². The number of carbonyl (C=O) groups excluding carboxylic acids is 1. The van der Waals surface area contributed by atoms with Gasteiger partial charge in [-0.1, -0.05) is 90.9 Å². The number of nitrogen functional groups attached to an aromatic ring is 1.